The Kier molecular flexibility index (Phi) is 3.15. The van der Waals surface area contributed by atoms with E-state index in [9.17, 15) is 4.79 Å². The SMILES string of the molecule is O=C(Nc1cc(-n2cccn2)ncn1)c1ccccn1. The molecule has 0 saturated heterocycles. The van der Waals surface area contributed by atoms with Gasteiger partial charge in [0.25, 0.3) is 5.91 Å². The molecule has 1 amide bonds. The van der Waals surface area contributed by atoms with Crippen molar-refractivity contribution < 1.29 is 4.79 Å². The summed E-state index contributed by atoms with van der Waals surface area (Å²) in [6.45, 7) is 0. The minimum atomic E-state index is -0.323. The van der Waals surface area contributed by atoms with Gasteiger partial charge in [-0.25, -0.2) is 14.6 Å². The number of hydrogen-bond donors (Lipinski definition) is 1. The lowest BCUT2D eigenvalue weighted by atomic mass is 10.3. The van der Waals surface area contributed by atoms with Crippen LogP contribution in [0, 0.1) is 0 Å². The van der Waals surface area contributed by atoms with Gasteiger partial charge >= 0.3 is 0 Å². The average Bonchev–Trinajstić information content (AvgIpc) is 3.03. The van der Waals surface area contributed by atoms with Crippen molar-refractivity contribution in [2.45, 2.75) is 0 Å². The van der Waals surface area contributed by atoms with E-state index in [1.165, 1.54) is 6.33 Å². The number of rotatable bonds is 3. The zero-order chi connectivity index (χ0) is 13.8. The fourth-order valence-corrected chi connectivity index (χ4v) is 1.62. The molecule has 0 aliphatic heterocycles. The van der Waals surface area contributed by atoms with Crippen molar-refractivity contribution in [2.75, 3.05) is 5.32 Å². The Morgan fingerprint density at radius 3 is 2.80 bits per heavy atom. The quantitative estimate of drug-likeness (QED) is 0.772. The first kappa shape index (κ1) is 12.0. The number of pyridine rings is 1. The third kappa shape index (κ3) is 2.51. The van der Waals surface area contributed by atoms with E-state index in [1.807, 2.05) is 0 Å². The number of nitrogens with zero attached hydrogens (tertiary/aromatic N) is 5. The monoisotopic (exact) mass is 266 g/mol. The number of carbonyl (C=O) groups excluding carboxylic acids is 1. The molecular weight excluding hydrogens is 256 g/mol. The Hall–Kier alpha value is -3.09. The molecular formula is C13H10N6O. The van der Waals surface area contributed by atoms with E-state index in [2.05, 4.69) is 25.4 Å². The fourth-order valence-electron chi connectivity index (χ4n) is 1.62. The van der Waals surface area contributed by atoms with E-state index >= 15 is 0 Å². The van der Waals surface area contributed by atoms with E-state index in [0.29, 0.717) is 17.3 Å². The Bertz CT molecular complexity index is 711. The summed E-state index contributed by atoms with van der Waals surface area (Å²) in [6.07, 6.45) is 6.33. The fraction of sp³-hybridized carbons (Fsp3) is 0. The minimum absolute atomic E-state index is 0.323. The van der Waals surface area contributed by atoms with E-state index < -0.39 is 0 Å². The maximum atomic E-state index is 12.0. The topological polar surface area (TPSA) is 85.6 Å². The zero-order valence-corrected chi connectivity index (χ0v) is 10.3. The molecule has 98 valence electrons. The highest BCUT2D eigenvalue weighted by molar-refractivity contribution is 6.02. The van der Waals surface area contributed by atoms with Crippen molar-refractivity contribution in [3.63, 3.8) is 0 Å². The highest BCUT2D eigenvalue weighted by Crippen LogP contribution is 2.09. The maximum Gasteiger partial charge on any atom is 0.275 e. The molecule has 0 bridgehead atoms. The Morgan fingerprint density at radius 2 is 2.05 bits per heavy atom. The summed E-state index contributed by atoms with van der Waals surface area (Å²) in [5.74, 6) is 0.637. The normalized spacial score (nSPS) is 10.2. The molecule has 0 saturated carbocycles. The molecule has 0 aromatic carbocycles. The van der Waals surface area contributed by atoms with Gasteiger partial charge in [0.2, 0.25) is 0 Å². The lowest BCUT2D eigenvalue weighted by molar-refractivity contribution is 0.102. The zero-order valence-electron chi connectivity index (χ0n) is 10.3. The molecule has 0 radical (unpaired) electrons. The smallest absolute Gasteiger partial charge is 0.275 e. The minimum Gasteiger partial charge on any atom is -0.305 e. The molecule has 3 aromatic rings. The third-order valence-corrected chi connectivity index (χ3v) is 2.53. The van der Waals surface area contributed by atoms with Gasteiger partial charge in [0.15, 0.2) is 5.82 Å². The Balaban J connectivity index is 1.82. The van der Waals surface area contributed by atoms with Crippen LogP contribution in [0.15, 0.2) is 55.2 Å². The van der Waals surface area contributed by atoms with Crippen molar-refractivity contribution in [3.05, 3.63) is 60.9 Å². The van der Waals surface area contributed by atoms with Crippen LogP contribution in [0.5, 0.6) is 0 Å². The van der Waals surface area contributed by atoms with Crippen molar-refractivity contribution in [1.29, 1.82) is 0 Å². The lowest BCUT2D eigenvalue weighted by Crippen LogP contribution is -2.15. The molecule has 0 atom stereocenters. The molecule has 0 spiro atoms. The summed E-state index contributed by atoms with van der Waals surface area (Å²) < 4.78 is 1.58. The van der Waals surface area contributed by atoms with E-state index in [4.69, 9.17) is 0 Å². The first-order chi connectivity index (χ1) is 9.83. The van der Waals surface area contributed by atoms with Crippen LogP contribution in [0.1, 0.15) is 10.5 Å². The van der Waals surface area contributed by atoms with Gasteiger partial charge < -0.3 is 5.32 Å². The molecule has 7 heteroatoms. The van der Waals surface area contributed by atoms with Crippen LogP contribution < -0.4 is 5.32 Å². The molecule has 0 aliphatic carbocycles. The van der Waals surface area contributed by atoms with Gasteiger partial charge in [-0.3, -0.25) is 9.78 Å². The number of hydrogen-bond acceptors (Lipinski definition) is 5. The van der Waals surface area contributed by atoms with Gasteiger partial charge in [-0.15, -0.1) is 0 Å². The number of carbonyl (C=O) groups is 1. The van der Waals surface area contributed by atoms with Crippen LogP contribution >= 0.6 is 0 Å². The summed E-state index contributed by atoms with van der Waals surface area (Å²) in [5, 5.41) is 6.73. The number of anilines is 1. The molecule has 0 fully saturated rings. The Labute approximate surface area is 114 Å². The van der Waals surface area contributed by atoms with Crippen molar-refractivity contribution >= 4 is 11.7 Å². The maximum absolute atomic E-state index is 12.0. The highest BCUT2D eigenvalue weighted by Gasteiger charge is 2.08. The molecule has 3 heterocycles. The van der Waals surface area contributed by atoms with Crippen molar-refractivity contribution in [2.24, 2.45) is 0 Å². The molecule has 20 heavy (non-hydrogen) atoms. The summed E-state index contributed by atoms with van der Waals surface area (Å²) in [5.41, 5.74) is 0.326. The summed E-state index contributed by atoms with van der Waals surface area (Å²) in [4.78, 5) is 24.0. The molecule has 0 unspecified atom stereocenters. The highest BCUT2D eigenvalue weighted by atomic mass is 16.1. The van der Waals surface area contributed by atoms with E-state index in [-0.39, 0.29) is 5.91 Å². The van der Waals surface area contributed by atoms with Crippen LogP contribution in [0.2, 0.25) is 0 Å². The predicted molar refractivity (Wildman–Crippen MR) is 71.3 cm³/mol. The summed E-state index contributed by atoms with van der Waals surface area (Å²) in [7, 11) is 0. The largest absolute Gasteiger partial charge is 0.305 e. The van der Waals surface area contributed by atoms with Gasteiger partial charge in [-0.1, -0.05) is 6.07 Å². The van der Waals surface area contributed by atoms with Crippen LogP contribution in [0.3, 0.4) is 0 Å². The number of aromatic nitrogens is 5. The molecule has 0 aliphatic rings. The first-order valence-electron chi connectivity index (χ1n) is 5.87. The standard InChI is InChI=1S/C13H10N6O/c20-13(10-4-1-2-5-14-10)18-11-8-12(16-9-15-11)19-7-3-6-17-19/h1-9H,(H,15,16,18,20). The van der Waals surface area contributed by atoms with E-state index in [0.717, 1.165) is 0 Å². The third-order valence-electron chi connectivity index (χ3n) is 2.53. The van der Waals surface area contributed by atoms with Gasteiger partial charge in [0.05, 0.1) is 0 Å². The van der Waals surface area contributed by atoms with Crippen LogP contribution in [-0.2, 0) is 0 Å². The number of nitrogens with one attached hydrogen (secondary N) is 1. The molecule has 3 rings (SSSR count). The average molecular weight is 266 g/mol. The Morgan fingerprint density at radius 1 is 1.10 bits per heavy atom. The predicted octanol–water partition coefficient (Wildman–Crippen LogP) is 1.31. The first-order valence-corrected chi connectivity index (χ1v) is 5.87. The van der Waals surface area contributed by atoms with Gasteiger partial charge in [-0.2, -0.15) is 5.10 Å². The second kappa shape index (κ2) is 5.27. The van der Waals surface area contributed by atoms with E-state index in [1.54, 1.807) is 53.6 Å². The van der Waals surface area contributed by atoms with Gasteiger partial charge in [-0.05, 0) is 18.2 Å². The summed E-state index contributed by atoms with van der Waals surface area (Å²) >= 11 is 0. The summed E-state index contributed by atoms with van der Waals surface area (Å²) in [6, 6.07) is 8.54. The van der Waals surface area contributed by atoms with Crippen LogP contribution in [-0.4, -0.2) is 30.6 Å². The van der Waals surface area contributed by atoms with Crippen molar-refractivity contribution in [3.8, 4) is 5.82 Å². The second-order valence-corrected chi connectivity index (χ2v) is 3.88. The van der Waals surface area contributed by atoms with Crippen LogP contribution in [0.4, 0.5) is 5.82 Å². The second-order valence-electron chi connectivity index (χ2n) is 3.88. The molecule has 3 aromatic heterocycles. The van der Waals surface area contributed by atoms with Gasteiger partial charge in [0, 0.05) is 24.7 Å². The molecule has 1 N–H and O–H groups in total. The lowest BCUT2D eigenvalue weighted by Gasteiger charge is -2.05. The molecule has 7 nitrogen and oxygen atoms in total. The van der Waals surface area contributed by atoms with Crippen LogP contribution in [0.25, 0.3) is 5.82 Å². The number of amides is 1. The van der Waals surface area contributed by atoms with Crippen molar-refractivity contribution in [1.82, 2.24) is 24.7 Å². The van der Waals surface area contributed by atoms with Gasteiger partial charge in [0.1, 0.15) is 17.8 Å².